The van der Waals surface area contributed by atoms with Crippen molar-refractivity contribution >= 4 is 28.9 Å². The number of para-hydroxylation sites is 1. The van der Waals surface area contributed by atoms with Gasteiger partial charge in [0.05, 0.1) is 0 Å². The number of nitrogens with one attached hydrogen (secondary N) is 3. The highest BCUT2D eigenvalue weighted by molar-refractivity contribution is 5.96. The number of benzene rings is 2. The summed E-state index contributed by atoms with van der Waals surface area (Å²) >= 11 is 0. The summed E-state index contributed by atoms with van der Waals surface area (Å²) in [5.74, 6) is 0.498. The van der Waals surface area contributed by atoms with Crippen LogP contribution in [0.2, 0.25) is 0 Å². The molecule has 0 aliphatic carbocycles. The molecule has 0 unspecified atom stereocenters. The van der Waals surface area contributed by atoms with Gasteiger partial charge in [0, 0.05) is 11.3 Å². The minimum Gasteiger partial charge on any atom is -0.393 e. The van der Waals surface area contributed by atoms with E-state index in [1.165, 1.54) is 6.33 Å². The number of nitrogen functional groups attached to an aromatic ring is 1. The van der Waals surface area contributed by atoms with Gasteiger partial charge >= 0.3 is 0 Å². The number of rotatable bonds is 5. The first kappa shape index (κ1) is 16.3. The van der Waals surface area contributed by atoms with Crippen LogP contribution in [0, 0.1) is 6.92 Å². The minimum atomic E-state index is -0.270. The van der Waals surface area contributed by atoms with Crippen molar-refractivity contribution in [2.45, 2.75) is 6.92 Å². The normalized spacial score (nSPS) is 10.1. The van der Waals surface area contributed by atoms with Crippen molar-refractivity contribution in [3.8, 4) is 0 Å². The third-order valence-corrected chi connectivity index (χ3v) is 3.60. The molecule has 0 radical (unpaired) electrons. The summed E-state index contributed by atoms with van der Waals surface area (Å²) in [4.78, 5) is 20.5. The highest BCUT2D eigenvalue weighted by Crippen LogP contribution is 2.25. The Kier molecular flexibility index (Phi) is 4.75. The molecule has 0 aliphatic heterocycles. The van der Waals surface area contributed by atoms with Crippen molar-refractivity contribution in [3.05, 3.63) is 72.1 Å². The second-order valence-electron chi connectivity index (χ2n) is 5.37. The fraction of sp³-hybridized carbons (Fsp3) is 0.0556. The van der Waals surface area contributed by atoms with Crippen LogP contribution in [0.5, 0.6) is 0 Å². The van der Waals surface area contributed by atoms with Crippen LogP contribution in [0.1, 0.15) is 15.9 Å². The van der Waals surface area contributed by atoms with Crippen molar-refractivity contribution in [1.82, 2.24) is 15.4 Å². The number of amides is 1. The monoisotopic (exact) mass is 334 g/mol. The zero-order valence-corrected chi connectivity index (χ0v) is 13.7. The summed E-state index contributed by atoms with van der Waals surface area (Å²) in [6.45, 7) is 1.87. The maximum atomic E-state index is 12.3. The van der Waals surface area contributed by atoms with Crippen molar-refractivity contribution in [1.29, 1.82) is 0 Å². The SMILES string of the molecule is Cc1ccccc1C(=O)NNc1ncnc(Nc2ccccc2)c1N. The molecule has 0 atom stereocenters. The molecule has 7 heteroatoms. The number of nitrogens with zero attached hydrogens (tertiary/aromatic N) is 2. The zero-order chi connectivity index (χ0) is 17.6. The van der Waals surface area contributed by atoms with Crippen LogP contribution in [-0.2, 0) is 0 Å². The highest BCUT2D eigenvalue weighted by atomic mass is 16.2. The minimum absolute atomic E-state index is 0.270. The third kappa shape index (κ3) is 3.84. The lowest BCUT2D eigenvalue weighted by molar-refractivity contribution is 0.0962. The molecule has 1 aromatic heterocycles. The zero-order valence-electron chi connectivity index (χ0n) is 13.7. The van der Waals surface area contributed by atoms with Gasteiger partial charge in [-0.2, -0.15) is 0 Å². The molecule has 0 aliphatic rings. The molecule has 0 bridgehead atoms. The maximum absolute atomic E-state index is 12.3. The maximum Gasteiger partial charge on any atom is 0.269 e. The predicted octanol–water partition coefficient (Wildman–Crippen LogP) is 2.87. The van der Waals surface area contributed by atoms with E-state index >= 15 is 0 Å². The number of hydrogen-bond acceptors (Lipinski definition) is 6. The Morgan fingerprint density at radius 1 is 0.960 bits per heavy atom. The quantitative estimate of drug-likeness (QED) is 0.535. The van der Waals surface area contributed by atoms with E-state index in [2.05, 4.69) is 26.1 Å². The Balaban J connectivity index is 1.72. The Morgan fingerprint density at radius 3 is 2.40 bits per heavy atom. The van der Waals surface area contributed by atoms with Gasteiger partial charge in [-0.3, -0.25) is 15.6 Å². The summed E-state index contributed by atoms with van der Waals surface area (Å²) in [5, 5.41) is 3.11. The third-order valence-electron chi connectivity index (χ3n) is 3.60. The summed E-state index contributed by atoms with van der Waals surface area (Å²) < 4.78 is 0. The molecule has 0 spiro atoms. The highest BCUT2D eigenvalue weighted by Gasteiger charge is 2.11. The fourth-order valence-electron chi connectivity index (χ4n) is 2.26. The van der Waals surface area contributed by atoms with Crippen LogP contribution in [0.15, 0.2) is 60.9 Å². The van der Waals surface area contributed by atoms with Gasteiger partial charge in [0.25, 0.3) is 5.91 Å². The summed E-state index contributed by atoms with van der Waals surface area (Å²) in [6, 6.07) is 16.8. The first-order chi connectivity index (χ1) is 12.1. The predicted molar refractivity (Wildman–Crippen MR) is 98.4 cm³/mol. The first-order valence-electron chi connectivity index (χ1n) is 7.69. The summed E-state index contributed by atoms with van der Waals surface area (Å²) in [6.07, 6.45) is 1.36. The molecule has 1 heterocycles. The lowest BCUT2D eigenvalue weighted by atomic mass is 10.1. The van der Waals surface area contributed by atoms with E-state index in [9.17, 15) is 4.79 Å². The molecule has 25 heavy (non-hydrogen) atoms. The number of carbonyl (C=O) groups is 1. The van der Waals surface area contributed by atoms with Gasteiger partial charge < -0.3 is 11.1 Å². The smallest absolute Gasteiger partial charge is 0.269 e. The Labute approximate surface area is 145 Å². The average Bonchev–Trinajstić information content (AvgIpc) is 2.63. The number of hydrogen-bond donors (Lipinski definition) is 4. The van der Waals surface area contributed by atoms with Gasteiger partial charge in [-0.25, -0.2) is 9.97 Å². The van der Waals surface area contributed by atoms with Crippen LogP contribution in [0.25, 0.3) is 0 Å². The number of anilines is 4. The lowest BCUT2D eigenvalue weighted by Gasteiger charge is -2.13. The van der Waals surface area contributed by atoms with E-state index in [4.69, 9.17) is 5.73 Å². The van der Waals surface area contributed by atoms with Gasteiger partial charge in [0.1, 0.15) is 12.0 Å². The average molecular weight is 334 g/mol. The van der Waals surface area contributed by atoms with E-state index in [-0.39, 0.29) is 5.91 Å². The van der Waals surface area contributed by atoms with Crippen molar-refractivity contribution in [3.63, 3.8) is 0 Å². The lowest BCUT2D eigenvalue weighted by Crippen LogP contribution is -2.30. The van der Waals surface area contributed by atoms with E-state index < -0.39 is 0 Å². The summed E-state index contributed by atoms with van der Waals surface area (Å²) in [7, 11) is 0. The number of aryl methyl sites for hydroxylation is 1. The van der Waals surface area contributed by atoms with Crippen LogP contribution in [0.3, 0.4) is 0 Å². The van der Waals surface area contributed by atoms with E-state index in [0.717, 1.165) is 11.3 Å². The van der Waals surface area contributed by atoms with Crippen LogP contribution < -0.4 is 21.9 Å². The summed E-state index contributed by atoms with van der Waals surface area (Å²) in [5.41, 5.74) is 14.0. The van der Waals surface area contributed by atoms with Crippen molar-refractivity contribution in [2.75, 3.05) is 16.5 Å². The number of hydrazine groups is 1. The van der Waals surface area contributed by atoms with Gasteiger partial charge in [-0.05, 0) is 30.7 Å². The first-order valence-corrected chi connectivity index (χ1v) is 7.69. The van der Waals surface area contributed by atoms with E-state index in [1.54, 1.807) is 6.07 Å². The van der Waals surface area contributed by atoms with E-state index in [0.29, 0.717) is 22.9 Å². The van der Waals surface area contributed by atoms with Crippen molar-refractivity contribution in [2.24, 2.45) is 0 Å². The molecular formula is C18H18N6O. The number of carbonyl (C=O) groups excluding carboxylic acids is 1. The Hall–Kier alpha value is -3.61. The molecule has 1 amide bonds. The molecule has 2 aromatic carbocycles. The number of aromatic nitrogens is 2. The van der Waals surface area contributed by atoms with Crippen LogP contribution >= 0.6 is 0 Å². The van der Waals surface area contributed by atoms with Gasteiger partial charge in [-0.1, -0.05) is 36.4 Å². The molecule has 3 rings (SSSR count). The molecule has 0 saturated heterocycles. The molecule has 5 N–H and O–H groups in total. The standard InChI is InChI=1S/C18H18N6O/c1-12-7-5-6-10-14(12)18(25)24-23-17-15(19)16(20-11-21-17)22-13-8-3-2-4-9-13/h2-11H,19H2,1H3,(H,24,25)(H2,20,21,22,23). The van der Waals surface area contributed by atoms with Crippen molar-refractivity contribution < 1.29 is 4.79 Å². The Morgan fingerprint density at radius 2 is 1.64 bits per heavy atom. The second kappa shape index (κ2) is 7.31. The molecular weight excluding hydrogens is 316 g/mol. The molecule has 3 aromatic rings. The Bertz CT molecular complexity index is 882. The molecule has 126 valence electrons. The van der Waals surface area contributed by atoms with Gasteiger partial charge in [0.15, 0.2) is 11.6 Å². The molecule has 0 fully saturated rings. The second-order valence-corrected chi connectivity index (χ2v) is 5.37. The number of nitrogens with two attached hydrogens (primary N) is 1. The largest absolute Gasteiger partial charge is 0.393 e. The van der Waals surface area contributed by atoms with Crippen LogP contribution in [-0.4, -0.2) is 15.9 Å². The van der Waals surface area contributed by atoms with E-state index in [1.807, 2.05) is 55.5 Å². The molecule has 0 saturated carbocycles. The van der Waals surface area contributed by atoms with Gasteiger partial charge in [0.2, 0.25) is 0 Å². The van der Waals surface area contributed by atoms with Gasteiger partial charge in [-0.15, -0.1) is 0 Å². The topological polar surface area (TPSA) is 105 Å². The fourth-order valence-corrected chi connectivity index (χ4v) is 2.26. The van der Waals surface area contributed by atoms with Crippen LogP contribution in [0.4, 0.5) is 23.0 Å². The molecule has 7 nitrogen and oxygen atoms in total.